The summed E-state index contributed by atoms with van der Waals surface area (Å²) in [6.45, 7) is 0.520. The summed E-state index contributed by atoms with van der Waals surface area (Å²) >= 11 is 3.40. The molecule has 134 valence electrons. The second-order valence-electron chi connectivity index (χ2n) is 5.63. The molecule has 0 aliphatic heterocycles. The molecule has 0 saturated carbocycles. The van der Waals surface area contributed by atoms with Crippen molar-refractivity contribution in [3.8, 4) is 5.75 Å². The van der Waals surface area contributed by atoms with Crippen LogP contribution in [0.1, 0.15) is 12.0 Å². The highest BCUT2D eigenvalue weighted by atomic mass is 79.9. The number of aryl methyl sites for hydroxylation is 1. The Balaban J connectivity index is 1.60. The number of methoxy groups -OCH3 is 1. The predicted octanol–water partition coefficient (Wildman–Crippen LogP) is 3.30. The number of hydrogen-bond donors (Lipinski definition) is 0. The van der Waals surface area contributed by atoms with Crippen LogP contribution >= 0.6 is 15.9 Å². The third-order valence-corrected chi connectivity index (χ3v) is 4.53. The van der Waals surface area contributed by atoms with Crippen LogP contribution in [0.3, 0.4) is 0 Å². The minimum Gasteiger partial charge on any atom is -0.496 e. The number of fused-ring (bicyclic) bond motifs is 1. The van der Waals surface area contributed by atoms with Gasteiger partial charge in [0.2, 0.25) is 5.43 Å². The molecular formula is C19H17BrN2O4. The van der Waals surface area contributed by atoms with Gasteiger partial charge in [-0.15, -0.1) is 0 Å². The van der Waals surface area contributed by atoms with Crippen molar-refractivity contribution in [3.63, 3.8) is 0 Å². The molecule has 0 aliphatic rings. The topological polar surface area (TPSA) is 70.4 Å². The van der Waals surface area contributed by atoms with Gasteiger partial charge in [0.25, 0.3) is 0 Å². The summed E-state index contributed by atoms with van der Waals surface area (Å²) in [7, 11) is 1.59. The van der Waals surface area contributed by atoms with Crippen LogP contribution in [0, 0.1) is 0 Å². The fourth-order valence-electron chi connectivity index (χ4n) is 2.57. The third-order valence-electron chi connectivity index (χ3n) is 3.91. The zero-order valence-corrected chi connectivity index (χ0v) is 15.7. The molecule has 3 aromatic rings. The van der Waals surface area contributed by atoms with E-state index in [1.54, 1.807) is 23.9 Å². The molecule has 0 fully saturated rings. The van der Waals surface area contributed by atoms with Gasteiger partial charge < -0.3 is 9.47 Å². The van der Waals surface area contributed by atoms with Gasteiger partial charge in [0, 0.05) is 5.39 Å². The first-order valence-electron chi connectivity index (χ1n) is 8.01. The van der Waals surface area contributed by atoms with Crippen LogP contribution in [0.4, 0.5) is 0 Å². The van der Waals surface area contributed by atoms with E-state index < -0.39 is 0 Å². The first-order chi connectivity index (χ1) is 12.6. The van der Waals surface area contributed by atoms with E-state index in [1.165, 1.54) is 6.20 Å². The lowest BCUT2D eigenvalue weighted by atomic mass is 10.2. The number of esters is 1. The van der Waals surface area contributed by atoms with Crippen LogP contribution in [0.5, 0.6) is 5.75 Å². The second kappa shape index (κ2) is 8.14. The van der Waals surface area contributed by atoms with Crippen molar-refractivity contribution in [2.45, 2.75) is 19.6 Å². The van der Waals surface area contributed by atoms with Gasteiger partial charge in [-0.1, -0.05) is 18.2 Å². The molecule has 0 saturated heterocycles. The molecule has 26 heavy (non-hydrogen) atoms. The molecule has 7 heteroatoms. The molecule has 3 rings (SSSR count). The average molecular weight is 417 g/mol. The Labute approximate surface area is 158 Å². The molecule has 0 spiro atoms. The Kier molecular flexibility index (Phi) is 5.68. The quantitative estimate of drug-likeness (QED) is 0.576. The molecule has 0 aliphatic carbocycles. The van der Waals surface area contributed by atoms with Gasteiger partial charge in [0.1, 0.15) is 12.4 Å². The number of nitrogens with zero attached hydrogens (tertiary/aromatic N) is 2. The number of aromatic nitrogens is 2. The maximum atomic E-state index is 12.0. The molecule has 0 unspecified atom stereocenters. The van der Waals surface area contributed by atoms with Crippen LogP contribution < -0.4 is 10.2 Å². The molecule has 0 N–H and O–H groups in total. The van der Waals surface area contributed by atoms with Crippen LogP contribution in [0.25, 0.3) is 10.9 Å². The van der Waals surface area contributed by atoms with Crippen LogP contribution in [-0.4, -0.2) is 22.9 Å². The van der Waals surface area contributed by atoms with E-state index in [2.05, 4.69) is 21.0 Å². The minimum absolute atomic E-state index is 0.135. The van der Waals surface area contributed by atoms with Gasteiger partial charge in [0.15, 0.2) is 0 Å². The highest BCUT2D eigenvalue weighted by molar-refractivity contribution is 9.10. The maximum absolute atomic E-state index is 12.0. The lowest BCUT2D eigenvalue weighted by molar-refractivity contribution is -0.145. The highest BCUT2D eigenvalue weighted by Gasteiger charge is 2.08. The van der Waals surface area contributed by atoms with Crippen LogP contribution in [-0.2, 0) is 22.7 Å². The van der Waals surface area contributed by atoms with E-state index >= 15 is 0 Å². The summed E-state index contributed by atoms with van der Waals surface area (Å²) < 4.78 is 12.9. The van der Waals surface area contributed by atoms with E-state index in [4.69, 9.17) is 9.47 Å². The summed E-state index contributed by atoms with van der Waals surface area (Å²) in [5, 5.41) is 4.69. The number of hydrogen-bond acceptors (Lipinski definition) is 5. The Morgan fingerprint density at radius 1 is 1.23 bits per heavy atom. The zero-order chi connectivity index (χ0) is 18.5. The number of rotatable bonds is 6. The van der Waals surface area contributed by atoms with E-state index in [9.17, 15) is 9.59 Å². The summed E-state index contributed by atoms with van der Waals surface area (Å²) in [5.74, 6) is 0.387. The minimum atomic E-state index is -0.332. The number of carbonyl (C=O) groups excluding carboxylic acids is 1. The zero-order valence-electron chi connectivity index (χ0n) is 14.1. The van der Waals surface area contributed by atoms with Crippen molar-refractivity contribution in [2.24, 2.45) is 0 Å². The fourth-order valence-corrected chi connectivity index (χ4v) is 3.16. The highest BCUT2D eigenvalue weighted by Crippen LogP contribution is 2.25. The predicted molar refractivity (Wildman–Crippen MR) is 101 cm³/mol. The smallest absolute Gasteiger partial charge is 0.308 e. The summed E-state index contributed by atoms with van der Waals surface area (Å²) in [6, 6.07) is 12.7. The van der Waals surface area contributed by atoms with Gasteiger partial charge in [0.05, 0.1) is 36.3 Å². The lowest BCUT2D eigenvalue weighted by Crippen LogP contribution is -2.15. The van der Waals surface area contributed by atoms with Crippen molar-refractivity contribution >= 4 is 32.8 Å². The molecule has 1 aromatic heterocycles. The number of para-hydroxylation sites is 1. The van der Waals surface area contributed by atoms with E-state index in [0.29, 0.717) is 17.4 Å². The molecule has 1 heterocycles. The van der Waals surface area contributed by atoms with Crippen molar-refractivity contribution < 1.29 is 14.3 Å². The van der Waals surface area contributed by atoms with Gasteiger partial charge >= 0.3 is 5.97 Å². The molecule has 0 bridgehead atoms. The van der Waals surface area contributed by atoms with Crippen LogP contribution in [0.15, 0.2) is 57.9 Å². The summed E-state index contributed by atoms with van der Waals surface area (Å²) in [4.78, 5) is 23.9. The normalized spacial score (nSPS) is 10.7. The van der Waals surface area contributed by atoms with Gasteiger partial charge in [-0.2, -0.15) is 5.10 Å². The largest absolute Gasteiger partial charge is 0.496 e. The molecule has 2 aromatic carbocycles. The molecule has 0 atom stereocenters. The standard InChI is InChI=1S/C19H17BrN2O4/c1-25-18-7-6-13(10-15(18)20)12-26-19(24)8-9-22-16-5-3-2-4-14(16)17(23)11-21-22/h2-7,10-11H,8-9,12H2,1H3. The van der Waals surface area contributed by atoms with Gasteiger partial charge in [-0.3, -0.25) is 14.3 Å². The third kappa shape index (κ3) is 4.11. The molecule has 0 amide bonds. The first-order valence-corrected chi connectivity index (χ1v) is 8.80. The number of benzene rings is 2. The monoisotopic (exact) mass is 416 g/mol. The van der Waals surface area contributed by atoms with E-state index in [1.807, 2.05) is 30.3 Å². The number of halogens is 1. The van der Waals surface area contributed by atoms with Crippen molar-refractivity contribution in [1.29, 1.82) is 0 Å². The fraction of sp³-hybridized carbons (Fsp3) is 0.211. The summed E-state index contributed by atoms with van der Waals surface area (Å²) in [5.41, 5.74) is 1.43. The number of ether oxygens (including phenoxy) is 2. The Hall–Kier alpha value is -2.67. The Bertz CT molecular complexity index is 1000. The van der Waals surface area contributed by atoms with Crippen LogP contribution in [0.2, 0.25) is 0 Å². The van der Waals surface area contributed by atoms with E-state index in [-0.39, 0.29) is 24.4 Å². The first kappa shape index (κ1) is 18.1. The molecule has 6 nitrogen and oxygen atoms in total. The Morgan fingerprint density at radius 3 is 2.81 bits per heavy atom. The maximum Gasteiger partial charge on any atom is 0.308 e. The van der Waals surface area contributed by atoms with Gasteiger partial charge in [-0.05, 0) is 45.8 Å². The number of carbonyl (C=O) groups is 1. The van der Waals surface area contributed by atoms with Gasteiger partial charge in [-0.25, -0.2) is 0 Å². The Morgan fingerprint density at radius 2 is 2.04 bits per heavy atom. The molecular weight excluding hydrogens is 400 g/mol. The lowest BCUT2D eigenvalue weighted by Gasteiger charge is -2.10. The second-order valence-corrected chi connectivity index (χ2v) is 6.48. The average Bonchev–Trinajstić information content (AvgIpc) is 2.66. The SMILES string of the molecule is COc1ccc(COC(=O)CCn2ncc(=O)c3ccccc32)cc1Br. The van der Waals surface area contributed by atoms with E-state index in [0.717, 1.165) is 15.8 Å². The van der Waals surface area contributed by atoms with Crippen molar-refractivity contribution in [1.82, 2.24) is 9.78 Å². The van der Waals surface area contributed by atoms with Crippen molar-refractivity contribution in [3.05, 3.63) is 68.9 Å². The van der Waals surface area contributed by atoms with Crippen molar-refractivity contribution in [2.75, 3.05) is 7.11 Å². The summed E-state index contributed by atoms with van der Waals surface area (Å²) in [6.07, 6.45) is 1.43. The molecule has 0 radical (unpaired) electrons.